The van der Waals surface area contributed by atoms with Gasteiger partial charge in [0.1, 0.15) is 11.7 Å². The van der Waals surface area contributed by atoms with E-state index < -0.39 is 17.3 Å². The lowest BCUT2D eigenvalue weighted by atomic mass is 9.52. The predicted octanol–water partition coefficient (Wildman–Crippen LogP) is 5.13. The lowest BCUT2D eigenvalue weighted by molar-refractivity contribution is 0.225. The SMILES string of the molecule is CC[C@H]1CC=C2C(C#N)C(=N)C(C#N)(C#N)[C@@H](c3ccccc3OC(C)C)[C@@H]2C1. The molecule has 1 aromatic carbocycles. The summed E-state index contributed by atoms with van der Waals surface area (Å²) in [7, 11) is 0. The van der Waals surface area contributed by atoms with Gasteiger partial charge in [-0.3, -0.25) is 0 Å². The van der Waals surface area contributed by atoms with Crippen LogP contribution in [0.2, 0.25) is 0 Å². The maximum Gasteiger partial charge on any atom is 0.189 e. The van der Waals surface area contributed by atoms with Crippen LogP contribution in [-0.4, -0.2) is 11.8 Å². The van der Waals surface area contributed by atoms with Crippen LogP contribution < -0.4 is 4.74 Å². The van der Waals surface area contributed by atoms with E-state index in [0.717, 1.165) is 30.4 Å². The van der Waals surface area contributed by atoms with Crippen LogP contribution in [0.1, 0.15) is 51.5 Å². The topological polar surface area (TPSA) is 104 Å². The number of nitrogens with zero attached hydrogens (tertiary/aromatic N) is 3. The fourth-order valence-electron chi connectivity index (χ4n) is 4.88. The maximum atomic E-state index is 10.2. The first kappa shape index (κ1) is 20.6. The van der Waals surface area contributed by atoms with Crippen molar-refractivity contribution in [1.29, 1.82) is 21.2 Å². The van der Waals surface area contributed by atoms with Crippen LogP contribution in [0.3, 0.4) is 0 Å². The number of ether oxygens (including phenoxy) is 1. The predicted molar refractivity (Wildman–Crippen MR) is 110 cm³/mol. The van der Waals surface area contributed by atoms with Gasteiger partial charge >= 0.3 is 0 Å². The lowest BCUT2D eigenvalue weighted by Crippen LogP contribution is -2.49. The van der Waals surface area contributed by atoms with Crippen LogP contribution in [0.15, 0.2) is 35.9 Å². The molecular weight excluding hydrogens is 360 g/mol. The molecule has 0 radical (unpaired) electrons. The second kappa shape index (κ2) is 8.10. The molecule has 1 aromatic rings. The van der Waals surface area contributed by atoms with Gasteiger partial charge in [-0.05, 0) is 50.2 Å². The smallest absolute Gasteiger partial charge is 0.189 e. The molecule has 2 aliphatic carbocycles. The number of allylic oxidation sites excluding steroid dienone is 2. The van der Waals surface area contributed by atoms with Gasteiger partial charge in [0.25, 0.3) is 0 Å². The van der Waals surface area contributed by atoms with E-state index in [1.807, 2.05) is 38.1 Å². The zero-order chi connectivity index (χ0) is 21.2. The molecule has 0 amide bonds. The van der Waals surface area contributed by atoms with Crippen LogP contribution in [-0.2, 0) is 0 Å². The molecule has 5 heteroatoms. The molecule has 0 aliphatic heterocycles. The summed E-state index contributed by atoms with van der Waals surface area (Å²) in [6, 6.07) is 14.0. The Hall–Kier alpha value is -3.10. The number of hydrogen-bond donors (Lipinski definition) is 1. The van der Waals surface area contributed by atoms with E-state index in [-0.39, 0.29) is 17.7 Å². The van der Waals surface area contributed by atoms with Gasteiger partial charge in [-0.15, -0.1) is 0 Å². The Kier molecular flexibility index (Phi) is 5.76. The average Bonchev–Trinajstić information content (AvgIpc) is 2.73. The Morgan fingerprint density at radius 1 is 1.21 bits per heavy atom. The van der Waals surface area contributed by atoms with Crippen LogP contribution in [0.4, 0.5) is 0 Å². The van der Waals surface area contributed by atoms with Crippen LogP contribution in [0.25, 0.3) is 0 Å². The molecule has 2 aliphatic rings. The summed E-state index contributed by atoms with van der Waals surface area (Å²) in [5.41, 5.74) is -0.119. The molecule has 0 aromatic heterocycles. The van der Waals surface area contributed by atoms with Crippen LogP contribution in [0.5, 0.6) is 5.75 Å². The third-order valence-electron chi connectivity index (χ3n) is 6.29. The van der Waals surface area contributed by atoms with E-state index in [4.69, 9.17) is 10.1 Å². The van der Waals surface area contributed by atoms with Crippen molar-refractivity contribution in [3.63, 3.8) is 0 Å². The first-order valence-electron chi connectivity index (χ1n) is 10.2. The van der Waals surface area contributed by atoms with Gasteiger partial charge in [0.15, 0.2) is 5.41 Å². The van der Waals surface area contributed by atoms with E-state index in [0.29, 0.717) is 11.7 Å². The van der Waals surface area contributed by atoms with Crippen molar-refractivity contribution in [2.75, 3.05) is 0 Å². The largest absolute Gasteiger partial charge is 0.491 e. The second-order valence-electron chi connectivity index (χ2n) is 8.25. The summed E-state index contributed by atoms with van der Waals surface area (Å²) in [6.07, 6.45) is 4.70. The summed E-state index contributed by atoms with van der Waals surface area (Å²) in [6.45, 7) is 6.02. The molecule has 148 valence electrons. The summed E-state index contributed by atoms with van der Waals surface area (Å²) < 4.78 is 6.03. The van der Waals surface area contributed by atoms with Crippen LogP contribution >= 0.6 is 0 Å². The Morgan fingerprint density at radius 2 is 1.90 bits per heavy atom. The molecule has 0 heterocycles. The van der Waals surface area contributed by atoms with Crippen LogP contribution in [0, 0.1) is 62.6 Å². The van der Waals surface area contributed by atoms with Gasteiger partial charge in [0.05, 0.1) is 30.0 Å². The molecular formula is C24H26N4O. The van der Waals surface area contributed by atoms with Crippen molar-refractivity contribution in [2.24, 2.45) is 23.2 Å². The van der Waals surface area contributed by atoms with Gasteiger partial charge in [-0.1, -0.05) is 37.6 Å². The fraction of sp³-hybridized carbons (Fsp3) is 0.500. The van der Waals surface area contributed by atoms with Crippen molar-refractivity contribution >= 4 is 5.71 Å². The first-order chi connectivity index (χ1) is 13.9. The monoisotopic (exact) mass is 386 g/mol. The minimum Gasteiger partial charge on any atom is -0.491 e. The number of benzene rings is 1. The molecule has 5 nitrogen and oxygen atoms in total. The minimum atomic E-state index is -1.69. The zero-order valence-corrected chi connectivity index (χ0v) is 17.1. The molecule has 3 rings (SSSR count). The highest BCUT2D eigenvalue weighted by molar-refractivity contribution is 6.00. The van der Waals surface area contributed by atoms with E-state index in [2.05, 4.69) is 31.2 Å². The first-order valence-corrected chi connectivity index (χ1v) is 10.2. The number of rotatable bonds is 4. The number of fused-ring (bicyclic) bond motifs is 1. The molecule has 0 saturated heterocycles. The van der Waals surface area contributed by atoms with Gasteiger partial charge in [-0.25, -0.2) is 0 Å². The number of para-hydroxylation sites is 1. The molecule has 0 spiro atoms. The lowest BCUT2D eigenvalue weighted by Gasteiger charge is -2.47. The molecule has 4 atom stereocenters. The summed E-state index contributed by atoms with van der Waals surface area (Å²) in [5.74, 6) is -0.407. The fourth-order valence-corrected chi connectivity index (χ4v) is 4.88. The van der Waals surface area contributed by atoms with Gasteiger partial charge in [0.2, 0.25) is 0 Å². The van der Waals surface area contributed by atoms with Crippen molar-refractivity contribution < 1.29 is 4.74 Å². The Morgan fingerprint density at radius 3 is 2.48 bits per heavy atom. The quantitative estimate of drug-likeness (QED) is 0.724. The van der Waals surface area contributed by atoms with E-state index in [1.54, 1.807) is 0 Å². The third-order valence-corrected chi connectivity index (χ3v) is 6.29. The summed E-state index contributed by atoms with van der Waals surface area (Å²) in [4.78, 5) is 0. The highest BCUT2D eigenvalue weighted by Gasteiger charge is 2.58. The number of nitrogens with one attached hydrogen (secondary N) is 1. The maximum absolute atomic E-state index is 10.2. The van der Waals surface area contributed by atoms with Gasteiger partial charge < -0.3 is 10.1 Å². The normalized spacial score (nSPS) is 27.8. The minimum absolute atomic E-state index is 0.0608. The zero-order valence-electron chi connectivity index (χ0n) is 17.1. The Balaban J connectivity index is 2.27. The molecule has 0 bridgehead atoms. The summed E-state index contributed by atoms with van der Waals surface area (Å²) in [5, 5.41) is 38.8. The van der Waals surface area contributed by atoms with Crippen molar-refractivity contribution in [2.45, 2.75) is 52.1 Å². The third kappa shape index (κ3) is 3.30. The van der Waals surface area contributed by atoms with Crippen molar-refractivity contribution in [3.8, 4) is 24.0 Å². The summed E-state index contributed by atoms with van der Waals surface area (Å²) >= 11 is 0. The number of hydrogen-bond acceptors (Lipinski definition) is 5. The van der Waals surface area contributed by atoms with Gasteiger partial charge in [0, 0.05) is 11.5 Å². The van der Waals surface area contributed by atoms with Gasteiger partial charge in [-0.2, -0.15) is 15.8 Å². The number of nitriles is 3. The van der Waals surface area contributed by atoms with Crippen molar-refractivity contribution in [1.82, 2.24) is 0 Å². The van der Waals surface area contributed by atoms with E-state index >= 15 is 0 Å². The van der Waals surface area contributed by atoms with E-state index in [9.17, 15) is 15.8 Å². The molecule has 1 N–H and O–H groups in total. The Bertz CT molecular complexity index is 942. The van der Waals surface area contributed by atoms with Crippen molar-refractivity contribution in [3.05, 3.63) is 41.5 Å². The average molecular weight is 386 g/mol. The standard InChI is InChI=1S/C24H26N4O/c1-4-16-9-10-17-19(11-16)22(18-7-5-6-8-21(18)29-15(2)3)24(13-26,14-27)23(28)20(17)12-25/h5-8,10,15-16,19-20,22,28H,4,9,11H2,1-3H3/t16-,19+,20?,22-/m0/s1. The molecule has 29 heavy (non-hydrogen) atoms. The molecule has 1 unspecified atom stereocenters. The molecule has 1 saturated carbocycles. The molecule has 1 fully saturated rings. The Labute approximate surface area is 172 Å². The second-order valence-corrected chi connectivity index (χ2v) is 8.25. The highest BCUT2D eigenvalue weighted by atomic mass is 16.5. The highest BCUT2D eigenvalue weighted by Crippen LogP contribution is 2.57. The van der Waals surface area contributed by atoms with E-state index in [1.165, 1.54) is 0 Å².